The number of nitrogens with one attached hydrogen (secondary N) is 3. The molecule has 0 aliphatic heterocycles. The molecule has 0 saturated heterocycles. The Morgan fingerprint density at radius 1 is 0.539 bits per heavy atom. The zero-order valence-electron chi connectivity index (χ0n) is 49.0. The average molecular weight is 1070 g/mol. The van der Waals surface area contributed by atoms with Gasteiger partial charge in [-0.3, -0.25) is 0 Å². The molecule has 3 N–H and O–H groups in total. The molecule has 0 bridgehead atoms. The van der Waals surface area contributed by atoms with E-state index >= 15 is 0 Å². The zero-order valence-corrected chi connectivity index (χ0v) is 49.7. The summed E-state index contributed by atoms with van der Waals surface area (Å²) < 4.78 is 43.1. The van der Waals surface area contributed by atoms with Gasteiger partial charge in [0, 0.05) is 81.5 Å². The fourth-order valence-corrected chi connectivity index (χ4v) is 10.9. The first-order valence-corrected chi connectivity index (χ1v) is 29.4. The molecule has 3 atom stereocenters. The van der Waals surface area contributed by atoms with E-state index in [9.17, 15) is 0 Å². The second kappa shape index (κ2) is 36.3. The standard InChI is InChI=1S/C65H101ClN3O7/c1-12-72-41-18-35-68-37-43-74-57-23-14-20-53(46-57)61(29-26-50(3)4)65(33-32-52(7)8,55-22-16-25-59(48-55)76-45-39-69-36-19-42-73-13-2)64(9,54-21-15-24-58(47-54)75-44-38-67-34-17-40-70-10)62(30-27-51(5)6)60-49-56(66)28-31-63(60)71-11/h14-16,20-25,28,31,46-52,62,67-69H,12-13,17-19,26-27,29-30,32-45H2,1-11H3. The van der Waals surface area contributed by atoms with Gasteiger partial charge in [-0.15, -0.1) is 0 Å². The molecule has 4 rings (SSSR count). The number of hydrogen-bond acceptors (Lipinski definition) is 10. The number of methoxy groups -OCH3 is 2. The van der Waals surface area contributed by atoms with Crippen molar-refractivity contribution in [3.8, 4) is 23.0 Å². The first-order chi connectivity index (χ1) is 36.8. The second-order valence-corrected chi connectivity index (χ2v) is 22.1. The summed E-state index contributed by atoms with van der Waals surface area (Å²) in [5.74, 6) is 5.98. The molecular formula is C65H101ClN3O7. The van der Waals surface area contributed by atoms with Gasteiger partial charge in [0.15, 0.2) is 0 Å². The minimum Gasteiger partial charge on any atom is -0.496 e. The minimum atomic E-state index is -0.679. The van der Waals surface area contributed by atoms with E-state index in [1.165, 1.54) is 22.6 Å². The smallest absolute Gasteiger partial charge is 0.122 e. The van der Waals surface area contributed by atoms with Gasteiger partial charge in [-0.2, -0.15) is 0 Å². The highest BCUT2D eigenvalue weighted by Crippen LogP contribution is 2.64. The van der Waals surface area contributed by atoms with Crippen LogP contribution in [-0.4, -0.2) is 106 Å². The lowest BCUT2D eigenvalue weighted by molar-refractivity contribution is 0.144. The van der Waals surface area contributed by atoms with E-state index < -0.39 is 10.8 Å². The van der Waals surface area contributed by atoms with Crippen molar-refractivity contribution in [1.29, 1.82) is 0 Å². The number of rotatable bonds is 43. The first kappa shape index (κ1) is 64.7. The van der Waals surface area contributed by atoms with Crippen molar-refractivity contribution < 1.29 is 33.2 Å². The summed E-state index contributed by atoms with van der Waals surface area (Å²) in [5.41, 5.74) is 3.37. The molecule has 3 unspecified atom stereocenters. The van der Waals surface area contributed by atoms with Crippen LogP contribution in [0.5, 0.6) is 23.0 Å². The summed E-state index contributed by atoms with van der Waals surface area (Å²) in [7, 11) is 3.54. The van der Waals surface area contributed by atoms with Crippen LogP contribution >= 0.6 is 11.6 Å². The predicted octanol–water partition coefficient (Wildman–Crippen LogP) is 14.1. The summed E-state index contributed by atoms with van der Waals surface area (Å²) in [6.45, 7) is 30.9. The Morgan fingerprint density at radius 3 is 1.58 bits per heavy atom. The maximum atomic E-state index is 7.17. The molecule has 0 fully saturated rings. The molecule has 0 aliphatic carbocycles. The molecule has 0 aliphatic rings. The Kier molecular flexibility index (Phi) is 30.9. The number of benzene rings is 4. The van der Waals surface area contributed by atoms with Crippen LogP contribution in [0.1, 0.15) is 148 Å². The molecule has 425 valence electrons. The third-order valence-corrected chi connectivity index (χ3v) is 15.0. The molecule has 1 radical (unpaired) electrons. The average Bonchev–Trinajstić information content (AvgIpc) is 3.54. The van der Waals surface area contributed by atoms with Gasteiger partial charge in [0.2, 0.25) is 0 Å². The lowest BCUT2D eigenvalue weighted by Gasteiger charge is -2.58. The molecule has 11 heteroatoms. The van der Waals surface area contributed by atoms with Gasteiger partial charge in [0.05, 0.1) is 7.11 Å². The molecule has 10 nitrogen and oxygen atoms in total. The minimum absolute atomic E-state index is 0.0961. The monoisotopic (exact) mass is 1070 g/mol. The van der Waals surface area contributed by atoms with E-state index in [1.54, 1.807) is 14.2 Å². The van der Waals surface area contributed by atoms with Gasteiger partial charge in [0.25, 0.3) is 0 Å². The van der Waals surface area contributed by atoms with Crippen molar-refractivity contribution in [3.63, 3.8) is 0 Å². The lowest BCUT2D eigenvalue weighted by Crippen LogP contribution is -2.55. The SMILES string of the molecule is CCOCCCNCCOc1cccc([C](CCC(C)C)C(CCC(C)C)(c2cccc(OCCNCCCOCC)c2)C(C)(c2cccc(OCCNCCCOC)c2)C(CCC(C)C)c2cc(Cl)ccc2OC)c1. The van der Waals surface area contributed by atoms with Gasteiger partial charge in [-0.25, -0.2) is 0 Å². The van der Waals surface area contributed by atoms with Crippen LogP contribution in [0, 0.1) is 23.7 Å². The number of ether oxygens (including phenoxy) is 7. The van der Waals surface area contributed by atoms with Crippen LogP contribution in [0.25, 0.3) is 0 Å². The summed E-state index contributed by atoms with van der Waals surface area (Å²) >= 11 is 7.17. The van der Waals surface area contributed by atoms with E-state index in [4.69, 9.17) is 44.8 Å². The van der Waals surface area contributed by atoms with E-state index in [0.29, 0.717) is 42.6 Å². The van der Waals surface area contributed by atoms with Crippen LogP contribution in [0.4, 0.5) is 0 Å². The van der Waals surface area contributed by atoms with Gasteiger partial charge in [0.1, 0.15) is 42.8 Å². The van der Waals surface area contributed by atoms with Gasteiger partial charge in [-0.1, -0.05) is 116 Å². The van der Waals surface area contributed by atoms with Crippen LogP contribution in [-0.2, 0) is 25.0 Å². The summed E-state index contributed by atoms with van der Waals surface area (Å²) in [5, 5.41) is 11.4. The highest BCUT2D eigenvalue weighted by molar-refractivity contribution is 6.30. The van der Waals surface area contributed by atoms with E-state index in [0.717, 1.165) is 159 Å². The van der Waals surface area contributed by atoms with Gasteiger partial charge < -0.3 is 49.1 Å². The Bertz CT molecular complexity index is 2160. The Balaban J connectivity index is 2.11. The summed E-state index contributed by atoms with van der Waals surface area (Å²) in [6.07, 6.45) is 8.43. The van der Waals surface area contributed by atoms with E-state index in [1.807, 2.05) is 19.9 Å². The largest absolute Gasteiger partial charge is 0.496 e. The van der Waals surface area contributed by atoms with E-state index in [2.05, 4.69) is 149 Å². The van der Waals surface area contributed by atoms with Crippen LogP contribution in [0.15, 0.2) is 91.0 Å². The molecule has 0 spiro atoms. The maximum absolute atomic E-state index is 7.17. The molecule has 76 heavy (non-hydrogen) atoms. The third-order valence-electron chi connectivity index (χ3n) is 14.7. The van der Waals surface area contributed by atoms with Crippen molar-refractivity contribution in [2.75, 3.05) is 106 Å². The Morgan fingerprint density at radius 2 is 1.05 bits per heavy atom. The van der Waals surface area contributed by atoms with Crippen molar-refractivity contribution in [3.05, 3.63) is 124 Å². The molecule has 0 saturated carbocycles. The third kappa shape index (κ3) is 20.7. The topological polar surface area (TPSA) is 101 Å². The molecule has 4 aromatic rings. The maximum Gasteiger partial charge on any atom is 0.122 e. The Hall–Kier alpha value is -3.87. The molecule has 0 amide bonds. The summed E-state index contributed by atoms with van der Waals surface area (Å²) in [6, 6.07) is 33.3. The number of hydrogen-bond donors (Lipinski definition) is 3. The molecular weight excluding hydrogens is 970 g/mol. The van der Waals surface area contributed by atoms with Gasteiger partial charge in [-0.05, 0) is 173 Å². The van der Waals surface area contributed by atoms with Crippen molar-refractivity contribution in [2.24, 2.45) is 17.8 Å². The zero-order chi connectivity index (χ0) is 55.0. The molecule has 0 aromatic heterocycles. The lowest BCUT2D eigenvalue weighted by atomic mass is 9.44. The fraction of sp³-hybridized carbons (Fsp3) is 0.615. The fourth-order valence-electron chi connectivity index (χ4n) is 10.7. The second-order valence-electron chi connectivity index (χ2n) is 21.7. The van der Waals surface area contributed by atoms with Crippen molar-refractivity contribution >= 4 is 11.6 Å². The van der Waals surface area contributed by atoms with Crippen molar-refractivity contribution in [1.82, 2.24) is 16.0 Å². The molecule has 0 heterocycles. The summed E-state index contributed by atoms with van der Waals surface area (Å²) in [4.78, 5) is 0. The number of halogens is 1. The molecule has 4 aromatic carbocycles. The quantitative estimate of drug-likeness (QED) is 0.0372. The van der Waals surface area contributed by atoms with Crippen LogP contribution < -0.4 is 34.9 Å². The van der Waals surface area contributed by atoms with Crippen LogP contribution in [0.3, 0.4) is 0 Å². The van der Waals surface area contributed by atoms with Gasteiger partial charge >= 0.3 is 0 Å². The van der Waals surface area contributed by atoms with Crippen LogP contribution in [0.2, 0.25) is 5.02 Å². The highest BCUT2D eigenvalue weighted by Gasteiger charge is 2.59. The van der Waals surface area contributed by atoms with Crippen molar-refractivity contribution in [2.45, 2.75) is 137 Å². The predicted molar refractivity (Wildman–Crippen MR) is 317 cm³/mol. The Labute approximate surface area is 466 Å². The highest BCUT2D eigenvalue weighted by atomic mass is 35.5. The normalized spacial score (nSPS) is 13.8. The van der Waals surface area contributed by atoms with E-state index in [-0.39, 0.29) is 5.92 Å². The first-order valence-electron chi connectivity index (χ1n) is 29.0.